The van der Waals surface area contributed by atoms with Crippen molar-refractivity contribution >= 4 is 27.3 Å². The van der Waals surface area contributed by atoms with Gasteiger partial charge in [0.05, 0.1) is 0 Å². The monoisotopic (exact) mass is 323 g/mol. The molecule has 0 saturated heterocycles. The van der Waals surface area contributed by atoms with Crippen LogP contribution in [0.1, 0.15) is 35.9 Å². The molecule has 1 aromatic carbocycles. The van der Waals surface area contributed by atoms with Gasteiger partial charge in [-0.2, -0.15) is 0 Å². The minimum absolute atomic E-state index is 0.370. The molecule has 1 N–H and O–H groups in total. The fourth-order valence-corrected chi connectivity index (χ4v) is 3.32. The Kier molecular flexibility index (Phi) is 4.98. The van der Waals surface area contributed by atoms with Crippen molar-refractivity contribution in [3.63, 3.8) is 0 Å². The molecule has 0 aliphatic heterocycles. The molecule has 2 aromatic rings. The first kappa shape index (κ1) is 13.8. The van der Waals surface area contributed by atoms with Gasteiger partial charge in [-0.15, -0.1) is 11.3 Å². The number of benzene rings is 1. The average Bonchev–Trinajstić information content (AvgIpc) is 2.83. The minimum atomic E-state index is 0.370. The van der Waals surface area contributed by atoms with E-state index in [2.05, 4.69) is 70.8 Å². The lowest BCUT2D eigenvalue weighted by molar-refractivity contribution is 0.577. The van der Waals surface area contributed by atoms with E-state index >= 15 is 0 Å². The van der Waals surface area contributed by atoms with Crippen molar-refractivity contribution in [3.8, 4) is 0 Å². The molecule has 1 atom stereocenters. The lowest BCUT2D eigenvalue weighted by atomic mass is 10.1. The van der Waals surface area contributed by atoms with Crippen LogP contribution in [0.25, 0.3) is 0 Å². The maximum atomic E-state index is 3.59. The van der Waals surface area contributed by atoms with Crippen LogP contribution in [0.5, 0.6) is 0 Å². The van der Waals surface area contributed by atoms with Gasteiger partial charge in [-0.3, -0.25) is 0 Å². The molecule has 0 radical (unpaired) electrons. The summed E-state index contributed by atoms with van der Waals surface area (Å²) in [5.74, 6) is 0. The van der Waals surface area contributed by atoms with Gasteiger partial charge in [0.2, 0.25) is 0 Å². The number of nitrogens with one attached hydrogen (secondary N) is 1. The molecule has 0 aliphatic rings. The van der Waals surface area contributed by atoms with Gasteiger partial charge in [0.1, 0.15) is 0 Å². The van der Waals surface area contributed by atoms with E-state index < -0.39 is 0 Å². The molecular formula is C15H18BrNS. The maximum absolute atomic E-state index is 3.59. The highest BCUT2D eigenvalue weighted by Crippen LogP contribution is 2.21. The first-order valence-corrected chi connectivity index (χ1v) is 7.92. The van der Waals surface area contributed by atoms with Crippen LogP contribution in [0, 0.1) is 0 Å². The number of thiophene rings is 1. The van der Waals surface area contributed by atoms with Crippen molar-refractivity contribution in [1.29, 1.82) is 0 Å². The molecule has 1 heterocycles. The van der Waals surface area contributed by atoms with Crippen LogP contribution >= 0.6 is 27.3 Å². The number of aryl methyl sites for hydroxylation is 1. The fraction of sp³-hybridized carbons (Fsp3) is 0.333. The van der Waals surface area contributed by atoms with E-state index in [4.69, 9.17) is 0 Å². The van der Waals surface area contributed by atoms with E-state index in [-0.39, 0.29) is 0 Å². The molecule has 0 spiro atoms. The van der Waals surface area contributed by atoms with Crippen molar-refractivity contribution in [2.75, 3.05) is 0 Å². The van der Waals surface area contributed by atoms with E-state index in [0.29, 0.717) is 6.04 Å². The summed E-state index contributed by atoms with van der Waals surface area (Å²) in [4.78, 5) is 1.46. The Balaban J connectivity index is 1.98. The number of hydrogen-bond donors (Lipinski definition) is 1. The van der Waals surface area contributed by atoms with Crippen molar-refractivity contribution in [1.82, 2.24) is 5.32 Å². The van der Waals surface area contributed by atoms with Crippen LogP contribution in [-0.4, -0.2) is 0 Å². The molecule has 1 aromatic heterocycles. The van der Waals surface area contributed by atoms with Gasteiger partial charge in [0.25, 0.3) is 0 Å². The van der Waals surface area contributed by atoms with E-state index in [1.807, 2.05) is 11.3 Å². The first-order chi connectivity index (χ1) is 8.70. The molecule has 96 valence electrons. The Morgan fingerprint density at radius 2 is 2.17 bits per heavy atom. The second-order valence-corrected chi connectivity index (χ2v) is 6.30. The van der Waals surface area contributed by atoms with Crippen molar-refractivity contribution < 1.29 is 0 Å². The van der Waals surface area contributed by atoms with Crippen LogP contribution < -0.4 is 5.32 Å². The van der Waals surface area contributed by atoms with Crippen LogP contribution in [0.2, 0.25) is 0 Å². The van der Waals surface area contributed by atoms with E-state index in [1.165, 1.54) is 16.0 Å². The van der Waals surface area contributed by atoms with Gasteiger partial charge in [0.15, 0.2) is 0 Å². The predicted molar refractivity (Wildman–Crippen MR) is 83.1 cm³/mol. The quantitative estimate of drug-likeness (QED) is 0.823. The van der Waals surface area contributed by atoms with Crippen molar-refractivity contribution in [3.05, 3.63) is 56.2 Å². The number of rotatable bonds is 5. The Hall–Kier alpha value is -0.640. The maximum Gasteiger partial charge on any atom is 0.0308 e. The number of hydrogen-bond acceptors (Lipinski definition) is 2. The van der Waals surface area contributed by atoms with Crippen LogP contribution in [0.15, 0.2) is 40.2 Å². The normalized spacial score (nSPS) is 12.6. The van der Waals surface area contributed by atoms with E-state index in [9.17, 15) is 0 Å². The molecule has 18 heavy (non-hydrogen) atoms. The summed E-state index contributed by atoms with van der Waals surface area (Å²) in [6, 6.07) is 11.1. The van der Waals surface area contributed by atoms with Gasteiger partial charge in [-0.25, -0.2) is 0 Å². The third kappa shape index (κ3) is 3.44. The van der Waals surface area contributed by atoms with Crippen LogP contribution in [-0.2, 0) is 13.0 Å². The zero-order valence-corrected chi connectivity index (χ0v) is 13.1. The van der Waals surface area contributed by atoms with Crippen molar-refractivity contribution in [2.45, 2.75) is 32.9 Å². The summed E-state index contributed by atoms with van der Waals surface area (Å²) in [6.45, 7) is 5.37. The molecule has 0 fully saturated rings. The van der Waals surface area contributed by atoms with Crippen molar-refractivity contribution in [2.24, 2.45) is 0 Å². The molecule has 3 heteroatoms. The van der Waals surface area contributed by atoms with Crippen LogP contribution in [0.4, 0.5) is 0 Å². The molecule has 0 amide bonds. The SMILES string of the molecule is CCc1ccsc1CNC(C)c1cccc(Br)c1. The average molecular weight is 324 g/mol. The largest absolute Gasteiger partial charge is 0.305 e. The van der Waals surface area contributed by atoms with Gasteiger partial charge in [0, 0.05) is 21.9 Å². The highest BCUT2D eigenvalue weighted by molar-refractivity contribution is 9.10. The van der Waals surface area contributed by atoms with Gasteiger partial charge in [-0.1, -0.05) is 35.0 Å². The predicted octanol–water partition coefficient (Wildman–Crippen LogP) is 4.92. The van der Waals surface area contributed by atoms with Gasteiger partial charge >= 0.3 is 0 Å². The second-order valence-electron chi connectivity index (χ2n) is 4.38. The standard InChI is InChI=1S/C15H18BrNS/c1-3-12-7-8-18-15(12)10-17-11(2)13-5-4-6-14(16)9-13/h4-9,11,17H,3,10H2,1-2H3. The van der Waals surface area contributed by atoms with Crippen LogP contribution in [0.3, 0.4) is 0 Å². The third-order valence-electron chi connectivity index (χ3n) is 3.14. The topological polar surface area (TPSA) is 12.0 Å². The summed E-state index contributed by atoms with van der Waals surface area (Å²) >= 11 is 5.36. The lowest BCUT2D eigenvalue weighted by Gasteiger charge is -2.14. The Labute approximate surface area is 121 Å². The molecule has 0 bridgehead atoms. The zero-order chi connectivity index (χ0) is 13.0. The summed E-state index contributed by atoms with van der Waals surface area (Å²) in [6.07, 6.45) is 1.12. The fourth-order valence-electron chi connectivity index (χ4n) is 1.98. The number of halogens is 1. The molecule has 1 unspecified atom stereocenters. The Morgan fingerprint density at radius 1 is 1.33 bits per heavy atom. The summed E-state index contributed by atoms with van der Waals surface area (Å²) in [7, 11) is 0. The Morgan fingerprint density at radius 3 is 2.89 bits per heavy atom. The van der Waals surface area contributed by atoms with Gasteiger partial charge in [-0.05, 0) is 48.1 Å². The van der Waals surface area contributed by atoms with E-state index in [1.54, 1.807) is 0 Å². The minimum Gasteiger partial charge on any atom is -0.305 e. The van der Waals surface area contributed by atoms with E-state index in [0.717, 1.165) is 17.4 Å². The molecule has 1 nitrogen and oxygen atoms in total. The highest BCUT2D eigenvalue weighted by Gasteiger charge is 2.07. The Bertz CT molecular complexity index is 507. The highest BCUT2D eigenvalue weighted by atomic mass is 79.9. The van der Waals surface area contributed by atoms with Gasteiger partial charge < -0.3 is 5.32 Å². The third-order valence-corrected chi connectivity index (χ3v) is 4.59. The first-order valence-electron chi connectivity index (χ1n) is 6.24. The zero-order valence-electron chi connectivity index (χ0n) is 10.7. The molecule has 0 aliphatic carbocycles. The summed E-state index contributed by atoms with van der Waals surface area (Å²) < 4.78 is 1.14. The molecule has 2 rings (SSSR count). The lowest BCUT2D eigenvalue weighted by Crippen LogP contribution is -2.18. The molecular weight excluding hydrogens is 306 g/mol. The summed E-state index contributed by atoms with van der Waals surface area (Å²) in [5.41, 5.74) is 2.79. The molecule has 0 saturated carbocycles. The summed E-state index contributed by atoms with van der Waals surface area (Å²) in [5, 5.41) is 5.77. The second kappa shape index (κ2) is 6.50. The smallest absolute Gasteiger partial charge is 0.0308 e.